The number of nitrogens with one attached hydrogen (secondary N) is 1. The molecule has 34 heavy (non-hydrogen) atoms. The molecule has 1 saturated heterocycles. The van der Waals surface area contributed by atoms with Gasteiger partial charge in [-0.1, -0.05) is 36.4 Å². The van der Waals surface area contributed by atoms with Gasteiger partial charge in [0.2, 0.25) is 0 Å². The number of para-hydroxylation sites is 2. The molecule has 0 amide bonds. The average Bonchev–Trinajstić information content (AvgIpc) is 3.46. The number of aromatic nitrogens is 2. The maximum Gasteiger partial charge on any atom is 0.347 e. The third kappa shape index (κ3) is 2.37. The number of carbonyl (C=O) groups excluding carboxylic acids is 2. The fraction of sp³-hybridized carbons (Fsp3) is 0.231. The number of hydrogen-bond acceptors (Lipinski definition) is 6. The average molecular weight is 455 g/mol. The molecule has 3 aromatic carbocycles. The Labute approximate surface area is 192 Å². The Morgan fingerprint density at radius 1 is 1.00 bits per heavy atom. The van der Waals surface area contributed by atoms with Crippen LogP contribution in [0.4, 0.5) is 0 Å². The largest absolute Gasteiger partial charge is 0.389 e. The lowest BCUT2D eigenvalue weighted by Gasteiger charge is -2.37. The third-order valence-corrected chi connectivity index (χ3v) is 7.25. The van der Waals surface area contributed by atoms with Crippen molar-refractivity contribution in [2.75, 3.05) is 0 Å². The van der Waals surface area contributed by atoms with Gasteiger partial charge in [-0.15, -0.1) is 0 Å². The van der Waals surface area contributed by atoms with E-state index in [1.54, 1.807) is 6.92 Å². The van der Waals surface area contributed by atoms with E-state index < -0.39 is 36.4 Å². The third-order valence-electron chi connectivity index (χ3n) is 7.25. The summed E-state index contributed by atoms with van der Waals surface area (Å²) in [5.74, 6) is -1.29. The van der Waals surface area contributed by atoms with Crippen molar-refractivity contribution in [2.24, 2.45) is 5.73 Å². The minimum absolute atomic E-state index is 0.278. The molecule has 0 unspecified atom stereocenters. The van der Waals surface area contributed by atoms with Gasteiger partial charge in [0, 0.05) is 39.5 Å². The van der Waals surface area contributed by atoms with Crippen LogP contribution in [-0.4, -0.2) is 44.8 Å². The molecule has 5 aromatic rings. The van der Waals surface area contributed by atoms with Crippen molar-refractivity contribution in [3.8, 4) is 0 Å². The van der Waals surface area contributed by atoms with Crippen LogP contribution in [0.25, 0.3) is 43.6 Å². The first-order valence-electron chi connectivity index (χ1n) is 11.3. The van der Waals surface area contributed by atoms with Gasteiger partial charge >= 0.3 is 11.9 Å². The number of nitrogens with zero attached hydrogens (tertiary/aromatic N) is 1. The molecule has 7 rings (SSSR count). The zero-order valence-electron chi connectivity index (χ0n) is 18.2. The summed E-state index contributed by atoms with van der Waals surface area (Å²) in [4.78, 5) is 29.4. The molecule has 4 N–H and O–H groups in total. The van der Waals surface area contributed by atoms with Crippen LogP contribution in [0.15, 0.2) is 48.5 Å². The second-order valence-corrected chi connectivity index (χ2v) is 9.14. The molecule has 2 aliphatic heterocycles. The minimum atomic E-state index is -0.769. The van der Waals surface area contributed by atoms with E-state index in [-0.39, 0.29) is 11.1 Å². The number of ether oxygens (including phenoxy) is 2. The van der Waals surface area contributed by atoms with Gasteiger partial charge in [0.15, 0.2) is 0 Å². The molecule has 4 atom stereocenters. The number of hydrogen-bond donors (Lipinski definition) is 3. The second-order valence-electron chi connectivity index (χ2n) is 9.14. The van der Waals surface area contributed by atoms with E-state index >= 15 is 0 Å². The van der Waals surface area contributed by atoms with Crippen molar-refractivity contribution < 1.29 is 24.2 Å². The number of esters is 2. The van der Waals surface area contributed by atoms with E-state index in [1.165, 1.54) is 0 Å². The van der Waals surface area contributed by atoms with Gasteiger partial charge in [0.05, 0.1) is 39.9 Å². The molecule has 2 aliphatic rings. The monoisotopic (exact) mass is 455 g/mol. The highest BCUT2D eigenvalue weighted by atomic mass is 16.6. The van der Waals surface area contributed by atoms with E-state index in [1.807, 2.05) is 53.1 Å². The maximum atomic E-state index is 13.0. The second kappa shape index (κ2) is 6.66. The number of nitrogens with two attached hydrogens (primary N) is 1. The molecule has 0 aliphatic carbocycles. The summed E-state index contributed by atoms with van der Waals surface area (Å²) >= 11 is 0. The standard InChI is InChI=1S/C26H21N3O5/c1-11-24(30)14(27)10-17(33-11)29-16-9-5-3-7-13(16)19-21-20(25(31)34-26(21)32)18-12-6-2-4-8-15(12)28-22(18)23(19)29/h2-9,11,14,17,24,28,30H,10,27H2,1H3/t11-,14-,17+,24+/m0/s1. The summed E-state index contributed by atoms with van der Waals surface area (Å²) in [6.07, 6.45) is -1.32. The van der Waals surface area contributed by atoms with Crippen molar-refractivity contribution in [1.82, 2.24) is 9.55 Å². The topological polar surface area (TPSA) is 120 Å². The van der Waals surface area contributed by atoms with Crippen LogP contribution < -0.4 is 5.73 Å². The van der Waals surface area contributed by atoms with Crippen molar-refractivity contribution in [3.05, 3.63) is 59.7 Å². The molecule has 8 nitrogen and oxygen atoms in total. The van der Waals surface area contributed by atoms with Gasteiger partial charge in [-0.25, -0.2) is 9.59 Å². The first kappa shape index (κ1) is 19.7. The zero-order chi connectivity index (χ0) is 23.3. The van der Waals surface area contributed by atoms with Gasteiger partial charge in [-0.05, 0) is 19.1 Å². The Morgan fingerprint density at radius 3 is 2.44 bits per heavy atom. The normalized spacial score (nSPS) is 25.0. The Balaban J connectivity index is 1.72. The molecule has 0 saturated carbocycles. The molecule has 1 fully saturated rings. The lowest BCUT2D eigenvalue weighted by Crippen LogP contribution is -2.49. The summed E-state index contributed by atoms with van der Waals surface area (Å²) in [6.45, 7) is 1.80. The summed E-state index contributed by atoms with van der Waals surface area (Å²) in [6, 6.07) is 14.9. The molecule has 170 valence electrons. The number of aliphatic hydroxyl groups is 1. The number of cyclic esters (lactones) is 2. The Kier molecular flexibility index (Phi) is 3.87. The first-order valence-corrected chi connectivity index (χ1v) is 11.3. The minimum Gasteiger partial charge on any atom is -0.389 e. The molecular formula is C26H21N3O5. The SMILES string of the molecule is C[C@@H]1O[C@@H](n2c3ccccc3c3c4c(c5c6ccccc6[nH]c5c32)C(=O)OC4=O)C[C@H](N)[C@@H]1O. The lowest BCUT2D eigenvalue weighted by atomic mass is 9.96. The van der Waals surface area contributed by atoms with Crippen LogP contribution in [0.5, 0.6) is 0 Å². The number of benzene rings is 3. The van der Waals surface area contributed by atoms with Crippen LogP contribution >= 0.6 is 0 Å². The summed E-state index contributed by atoms with van der Waals surface area (Å²) in [7, 11) is 0. The lowest BCUT2D eigenvalue weighted by molar-refractivity contribution is -0.142. The Morgan fingerprint density at radius 2 is 1.68 bits per heavy atom. The predicted octanol–water partition coefficient (Wildman–Crippen LogP) is 3.74. The molecule has 0 bridgehead atoms. The quantitative estimate of drug-likeness (QED) is 0.262. The fourth-order valence-corrected chi connectivity index (χ4v) is 5.76. The Bertz CT molecular complexity index is 1690. The van der Waals surface area contributed by atoms with Crippen LogP contribution in [0.2, 0.25) is 0 Å². The van der Waals surface area contributed by atoms with E-state index in [9.17, 15) is 14.7 Å². The summed E-state index contributed by atoms with van der Waals surface area (Å²) in [5, 5.41) is 13.3. The van der Waals surface area contributed by atoms with Gasteiger partial charge < -0.3 is 29.9 Å². The number of H-pyrrole nitrogens is 1. The van der Waals surface area contributed by atoms with E-state index in [2.05, 4.69) is 4.98 Å². The molecule has 0 radical (unpaired) electrons. The number of rotatable bonds is 1. The van der Waals surface area contributed by atoms with Gasteiger partial charge in [0.25, 0.3) is 0 Å². The zero-order valence-corrected chi connectivity index (χ0v) is 18.2. The highest BCUT2D eigenvalue weighted by molar-refractivity contribution is 6.36. The highest BCUT2D eigenvalue weighted by Crippen LogP contribution is 2.46. The molecular weight excluding hydrogens is 434 g/mol. The van der Waals surface area contributed by atoms with E-state index in [0.717, 1.165) is 32.8 Å². The summed E-state index contributed by atoms with van der Waals surface area (Å²) < 4.78 is 13.4. The van der Waals surface area contributed by atoms with Crippen molar-refractivity contribution in [3.63, 3.8) is 0 Å². The number of aromatic amines is 1. The fourth-order valence-electron chi connectivity index (χ4n) is 5.76. The highest BCUT2D eigenvalue weighted by Gasteiger charge is 2.40. The van der Waals surface area contributed by atoms with Crippen molar-refractivity contribution in [1.29, 1.82) is 0 Å². The van der Waals surface area contributed by atoms with Crippen LogP contribution in [0.3, 0.4) is 0 Å². The number of aliphatic hydroxyl groups excluding tert-OH is 1. The molecule has 2 aromatic heterocycles. The van der Waals surface area contributed by atoms with Crippen LogP contribution in [-0.2, 0) is 9.47 Å². The number of carbonyl (C=O) groups is 2. The Hall–Kier alpha value is -3.72. The van der Waals surface area contributed by atoms with Crippen LogP contribution in [0.1, 0.15) is 40.3 Å². The van der Waals surface area contributed by atoms with Gasteiger partial charge in [0.1, 0.15) is 6.23 Å². The smallest absolute Gasteiger partial charge is 0.347 e. The first-order chi connectivity index (χ1) is 16.5. The molecule has 8 heteroatoms. The maximum absolute atomic E-state index is 13.0. The van der Waals surface area contributed by atoms with E-state index in [0.29, 0.717) is 17.2 Å². The molecule has 4 heterocycles. The summed E-state index contributed by atoms with van der Waals surface area (Å²) in [5.41, 5.74) is 10.0. The predicted molar refractivity (Wildman–Crippen MR) is 127 cm³/mol. The number of fused-ring (bicyclic) bond motifs is 10. The van der Waals surface area contributed by atoms with Crippen molar-refractivity contribution in [2.45, 2.75) is 37.8 Å². The molecule has 0 spiro atoms. The van der Waals surface area contributed by atoms with Gasteiger partial charge in [-0.3, -0.25) is 0 Å². The van der Waals surface area contributed by atoms with Gasteiger partial charge in [-0.2, -0.15) is 0 Å². The van der Waals surface area contributed by atoms with Crippen LogP contribution in [0, 0.1) is 0 Å². The van der Waals surface area contributed by atoms with Crippen molar-refractivity contribution >= 4 is 55.6 Å². The van der Waals surface area contributed by atoms with E-state index in [4.69, 9.17) is 15.2 Å².